The molecule has 0 bridgehead atoms. The first kappa shape index (κ1) is 22.2. The lowest BCUT2D eigenvalue weighted by molar-refractivity contribution is 0.184. The molecule has 4 aromatic rings. The molecule has 156 valence electrons. The van der Waals surface area contributed by atoms with Crippen LogP contribution in [-0.2, 0) is 6.54 Å². The monoisotopic (exact) mass is 534 g/mol. The van der Waals surface area contributed by atoms with E-state index in [1.807, 2.05) is 42.5 Å². The van der Waals surface area contributed by atoms with E-state index < -0.39 is 6.10 Å². The fraction of sp³-hybridized carbons (Fsp3) is 0.190. The van der Waals surface area contributed by atoms with E-state index in [0.29, 0.717) is 19.0 Å². The topological polar surface area (TPSA) is 87.4 Å². The van der Waals surface area contributed by atoms with Crippen molar-refractivity contribution in [1.29, 1.82) is 0 Å². The van der Waals surface area contributed by atoms with Crippen molar-refractivity contribution in [3.8, 4) is 5.69 Å². The molecule has 1 unspecified atom stereocenters. The van der Waals surface area contributed by atoms with Gasteiger partial charge in [-0.25, -0.2) is 9.67 Å². The van der Waals surface area contributed by atoms with Crippen molar-refractivity contribution < 1.29 is 5.11 Å². The Morgan fingerprint density at radius 2 is 1.97 bits per heavy atom. The lowest BCUT2D eigenvalue weighted by Crippen LogP contribution is -2.38. The number of benzene rings is 2. The molecule has 2 aromatic carbocycles. The summed E-state index contributed by atoms with van der Waals surface area (Å²) in [6.45, 7) is 1.01. The van der Waals surface area contributed by atoms with Gasteiger partial charge in [-0.1, -0.05) is 30.3 Å². The maximum absolute atomic E-state index is 10.5. The fourth-order valence-corrected chi connectivity index (χ4v) is 4.03. The summed E-state index contributed by atoms with van der Waals surface area (Å²) in [6.07, 6.45) is 2.59. The van der Waals surface area contributed by atoms with Gasteiger partial charge in [0.05, 0.1) is 5.69 Å². The maximum Gasteiger partial charge on any atom is 0.191 e. The third-order valence-electron chi connectivity index (χ3n) is 4.54. The van der Waals surface area contributed by atoms with Crippen molar-refractivity contribution in [1.82, 2.24) is 25.4 Å². The lowest BCUT2D eigenvalue weighted by atomic mass is 10.2. The first-order valence-electron chi connectivity index (χ1n) is 9.28. The van der Waals surface area contributed by atoms with Gasteiger partial charge in [-0.2, -0.15) is 5.10 Å². The Labute approximate surface area is 195 Å². The highest BCUT2D eigenvalue weighted by molar-refractivity contribution is 14.0. The largest absolute Gasteiger partial charge is 0.386 e. The predicted octanol–water partition coefficient (Wildman–Crippen LogP) is 3.50. The lowest BCUT2D eigenvalue weighted by Gasteiger charge is -2.15. The second-order valence-corrected chi connectivity index (χ2v) is 7.63. The van der Waals surface area contributed by atoms with Gasteiger partial charge in [-0.3, -0.25) is 4.99 Å². The maximum atomic E-state index is 10.5. The average Bonchev–Trinajstić information content (AvgIpc) is 3.44. The van der Waals surface area contributed by atoms with Gasteiger partial charge in [0, 0.05) is 29.7 Å². The number of fused-ring (bicyclic) bond motifs is 1. The molecule has 9 heteroatoms. The molecule has 30 heavy (non-hydrogen) atoms. The number of aliphatic hydroxyl groups is 1. The number of thiophene rings is 1. The molecule has 3 N–H and O–H groups in total. The van der Waals surface area contributed by atoms with E-state index in [4.69, 9.17) is 0 Å². The highest BCUT2D eigenvalue weighted by Gasteiger charge is 2.12. The molecule has 0 aliphatic rings. The van der Waals surface area contributed by atoms with Crippen molar-refractivity contribution >= 4 is 51.4 Å². The third kappa shape index (κ3) is 5.35. The minimum Gasteiger partial charge on any atom is -0.386 e. The fourth-order valence-electron chi connectivity index (χ4n) is 2.98. The van der Waals surface area contributed by atoms with Crippen LogP contribution in [0, 0.1) is 0 Å². The summed E-state index contributed by atoms with van der Waals surface area (Å²) < 4.78 is 2.89. The van der Waals surface area contributed by atoms with Gasteiger partial charge in [-0.05, 0) is 35.2 Å². The van der Waals surface area contributed by atoms with Crippen molar-refractivity contribution in [2.24, 2.45) is 4.99 Å². The number of guanidine groups is 1. The van der Waals surface area contributed by atoms with E-state index in [0.717, 1.165) is 21.5 Å². The molecule has 0 fully saturated rings. The standard InChI is InChI=1S/C21H22N6OS.HI/c1-22-21(24-11-15-6-8-17(9-7-15)27-14-23-13-26-27)25-12-18(28)20-10-16-4-2-3-5-19(16)29-20;/h2-10,13-14,18,28H,11-12H2,1H3,(H2,22,24,25);1H. The van der Waals surface area contributed by atoms with Gasteiger partial charge in [0.1, 0.15) is 18.8 Å². The van der Waals surface area contributed by atoms with E-state index in [1.54, 1.807) is 29.4 Å². The number of hydrogen-bond acceptors (Lipinski definition) is 5. The quantitative estimate of drug-likeness (QED) is 0.200. The minimum atomic E-state index is -0.590. The Morgan fingerprint density at radius 1 is 1.17 bits per heavy atom. The van der Waals surface area contributed by atoms with Crippen molar-refractivity contribution in [3.05, 3.63) is 77.7 Å². The van der Waals surface area contributed by atoms with Crippen molar-refractivity contribution in [2.75, 3.05) is 13.6 Å². The van der Waals surface area contributed by atoms with Gasteiger partial charge in [0.15, 0.2) is 5.96 Å². The van der Waals surface area contributed by atoms with Crippen LogP contribution in [0.3, 0.4) is 0 Å². The molecule has 0 saturated heterocycles. The molecule has 0 saturated carbocycles. The SMILES string of the molecule is CN=C(NCc1ccc(-n2cncn2)cc1)NCC(O)c1cc2ccccc2s1.I. The molecule has 0 radical (unpaired) electrons. The van der Waals surface area contributed by atoms with Crippen LogP contribution in [0.4, 0.5) is 0 Å². The summed E-state index contributed by atoms with van der Waals surface area (Å²) in [5.74, 6) is 0.644. The zero-order chi connectivity index (χ0) is 20.1. The molecular weight excluding hydrogens is 511 g/mol. The number of nitrogens with zero attached hydrogens (tertiary/aromatic N) is 4. The second kappa shape index (κ2) is 10.5. The Hall–Kier alpha value is -2.50. The summed E-state index contributed by atoms with van der Waals surface area (Å²) in [6, 6.07) is 18.2. The number of aromatic nitrogens is 3. The van der Waals surface area contributed by atoms with Crippen LogP contribution in [0.5, 0.6) is 0 Å². The average molecular weight is 534 g/mol. The van der Waals surface area contributed by atoms with Gasteiger partial charge in [0.2, 0.25) is 0 Å². The summed E-state index contributed by atoms with van der Waals surface area (Å²) in [5.41, 5.74) is 2.07. The van der Waals surface area contributed by atoms with Crippen LogP contribution < -0.4 is 10.6 Å². The highest BCUT2D eigenvalue weighted by atomic mass is 127. The Morgan fingerprint density at radius 3 is 2.67 bits per heavy atom. The number of aliphatic imine (C=N–C) groups is 1. The highest BCUT2D eigenvalue weighted by Crippen LogP contribution is 2.29. The number of nitrogens with one attached hydrogen (secondary N) is 2. The number of halogens is 1. The molecule has 0 aliphatic heterocycles. The Bertz CT molecular complexity index is 1060. The third-order valence-corrected chi connectivity index (χ3v) is 5.76. The van der Waals surface area contributed by atoms with Crippen molar-refractivity contribution in [3.63, 3.8) is 0 Å². The van der Waals surface area contributed by atoms with Crippen LogP contribution in [0.15, 0.2) is 72.2 Å². The number of hydrogen-bond donors (Lipinski definition) is 3. The molecule has 0 aliphatic carbocycles. The Kier molecular flexibility index (Phi) is 7.77. The number of rotatable bonds is 6. The van der Waals surface area contributed by atoms with Crippen molar-refractivity contribution in [2.45, 2.75) is 12.6 Å². The van der Waals surface area contributed by atoms with E-state index >= 15 is 0 Å². The van der Waals surface area contributed by atoms with E-state index in [1.165, 1.54) is 11.0 Å². The minimum absolute atomic E-state index is 0. The number of aliphatic hydroxyl groups excluding tert-OH is 1. The smallest absolute Gasteiger partial charge is 0.191 e. The zero-order valence-electron chi connectivity index (χ0n) is 16.4. The molecule has 2 aromatic heterocycles. The first-order valence-corrected chi connectivity index (χ1v) is 10.1. The predicted molar refractivity (Wildman–Crippen MR) is 132 cm³/mol. The van der Waals surface area contributed by atoms with Gasteiger partial charge in [0.25, 0.3) is 0 Å². The van der Waals surface area contributed by atoms with Crippen LogP contribution in [-0.4, -0.2) is 39.4 Å². The molecule has 1 atom stereocenters. The molecular formula is C21H23IN6OS. The zero-order valence-corrected chi connectivity index (χ0v) is 19.5. The first-order chi connectivity index (χ1) is 14.2. The molecule has 7 nitrogen and oxygen atoms in total. The van der Waals surface area contributed by atoms with Crippen LogP contribution >= 0.6 is 35.3 Å². The summed E-state index contributed by atoms with van der Waals surface area (Å²) >= 11 is 1.61. The van der Waals surface area contributed by atoms with E-state index in [9.17, 15) is 5.11 Å². The summed E-state index contributed by atoms with van der Waals surface area (Å²) in [4.78, 5) is 9.13. The Balaban J connectivity index is 0.00000256. The van der Waals surface area contributed by atoms with Crippen LogP contribution in [0.2, 0.25) is 0 Å². The van der Waals surface area contributed by atoms with Gasteiger partial charge in [-0.15, -0.1) is 35.3 Å². The molecule has 0 spiro atoms. The van der Waals surface area contributed by atoms with E-state index in [2.05, 4.69) is 37.8 Å². The molecule has 2 heterocycles. The molecule has 4 rings (SSSR count). The summed E-state index contributed by atoms with van der Waals surface area (Å²) in [7, 11) is 1.72. The second-order valence-electron chi connectivity index (χ2n) is 6.52. The van der Waals surface area contributed by atoms with Crippen LogP contribution in [0.25, 0.3) is 15.8 Å². The van der Waals surface area contributed by atoms with Crippen LogP contribution in [0.1, 0.15) is 16.5 Å². The summed E-state index contributed by atoms with van der Waals surface area (Å²) in [5, 5.41) is 22.3. The van der Waals surface area contributed by atoms with E-state index in [-0.39, 0.29) is 24.0 Å². The van der Waals surface area contributed by atoms with Gasteiger partial charge < -0.3 is 15.7 Å². The molecule has 0 amide bonds. The van der Waals surface area contributed by atoms with Gasteiger partial charge >= 0.3 is 0 Å². The normalized spacial score (nSPS) is 12.4.